The molecule has 1 atom stereocenters. The molecule has 0 aliphatic carbocycles. The summed E-state index contributed by atoms with van der Waals surface area (Å²) in [6.45, 7) is 4.24. The summed E-state index contributed by atoms with van der Waals surface area (Å²) < 4.78 is 0. The van der Waals surface area contributed by atoms with E-state index >= 15 is 0 Å². The van der Waals surface area contributed by atoms with Crippen molar-refractivity contribution in [3.05, 3.63) is 23.2 Å². The molecule has 1 aromatic carbocycles. The van der Waals surface area contributed by atoms with E-state index in [-0.39, 0.29) is 5.91 Å². The van der Waals surface area contributed by atoms with Crippen LogP contribution in [0.5, 0.6) is 0 Å². The van der Waals surface area contributed by atoms with E-state index in [9.17, 15) is 4.79 Å². The fourth-order valence-electron chi connectivity index (χ4n) is 3.53. The van der Waals surface area contributed by atoms with E-state index in [0.717, 1.165) is 44.0 Å². The van der Waals surface area contributed by atoms with Crippen molar-refractivity contribution in [3.8, 4) is 0 Å². The zero-order valence-corrected chi connectivity index (χ0v) is 14.4. The van der Waals surface area contributed by atoms with Gasteiger partial charge in [-0.05, 0) is 69.3 Å². The maximum absolute atomic E-state index is 12.3. The van der Waals surface area contributed by atoms with Gasteiger partial charge >= 0.3 is 0 Å². The summed E-state index contributed by atoms with van der Waals surface area (Å²) in [7, 11) is 0. The first-order chi connectivity index (χ1) is 11.2. The molecule has 126 valence electrons. The molecule has 5 heteroatoms. The lowest BCUT2D eigenvalue weighted by molar-refractivity contribution is -0.116. The van der Waals surface area contributed by atoms with Crippen LogP contribution in [-0.2, 0) is 4.79 Å². The summed E-state index contributed by atoms with van der Waals surface area (Å²) in [6.07, 6.45) is 6.44. The first-order valence-corrected chi connectivity index (χ1v) is 9.15. The molecule has 2 N–H and O–H groups in total. The molecule has 2 saturated heterocycles. The van der Waals surface area contributed by atoms with Gasteiger partial charge < -0.3 is 15.5 Å². The van der Waals surface area contributed by atoms with E-state index in [1.807, 2.05) is 18.2 Å². The van der Waals surface area contributed by atoms with Crippen LogP contribution < -0.4 is 15.5 Å². The summed E-state index contributed by atoms with van der Waals surface area (Å²) in [6, 6.07) is 5.82. The molecule has 0 radical (unpaired) electrons. The van der Waals surface area contributed by atoms with E-state index < -0.39 is 0 Å². The number of carbonyl (C=O) groups is 1. The van der Waals surface area contributed by atoms with Gasteiger partial charge in [-0.1, -0.05) is 11.6 Å². The molecule has 0 aromatic heterocycles. The summed E-state index contributed by atoms with van der Waals surface area (Å²) in [5.41, 5.74) is 1.96. The Morgan fingerprint density at radius 1 is 1.30 bits per heavy atom. The van der Waals surface area contributed by atoms with E-state index in [0.29, 0.717) is 17.4 Å². The van der Waals surface area contributed by atoms with Crippen molar-refractivity contribution in [3.63, 3.8) is 0 Å². The van der Waals surface area contributed by atoms with Crippen LogP contribution in [0.1, 0.15) is 38.5 Å². The molecule has 1 amide bonds. The van der Waals surface area contributed by atoms with Gasteiger partial charge in [-0.2, -0.15) is 0 Å². The smallest absolute Gasteiger partial charge is 0.224 e. The minimum atomic E-state index is 0.0948. The predicted octanol–water partition coefficient (Wildman–Crippen LogP) is 3.66. The van der Waals surface area contributed by atoms with E-state index in [2.05, 4.69) is 15.5 Å². The Bertz CT molecular complexity index is 537. The Balaban J connectivity index is 1.63. The largest absolute Gasteiger partial charge is 0.370 e. The van der Waals surface area contributed by atoms with Gasteiger partial charge in [-0.25, -0.2) is 0 Å². The predicted molar refractivity (Wildman–Crippen MR) is 96.4 cm³/mol. The van der Waals surface area contributed by atoms with Gasteiger partial charge in [-0.15, -0.1) is 0 Å². The van der Waals surface area contributed by atoms with Crippen LogP contribution in [0.2, 0.25) is 5.02 Å². The number of halogens is 1. The second kappa shape index (κ2) is 8.02. The number of anilines is 2. The van der Waals surface area contributed by atoms with Crippen molar-refractivity contribution >= 4 is 28.9 Å². The molecule has 1 aromatic rings. The van der Waals surface area contributed by atoms with Crippen molar-refractivity contribution in [2.75, 3.05) is 36.4 Å². The second-order valence-corrected chi connectivity index (χ2v) is 7.09. The standard InChI is InChI=1S/C18H26ClN3O/c19-15-5-6-17(22-10-2-1-3-11-22)16(12-15)21-18(23)7-4-14-8-9-20-13-14/h5-6,12,14,20H,1-4,7-11,13H2,(H,21,23). The number of piperidine rings is 1. The molecule has 0 bridgehead atoms. The van der Waals surface area contributed by atoms with Gasteiger partial charge in [0.2, 0.25) is 5.91 Å². The Labute approximate surface area is 143 Å². The molecule has 4 nitrogen and oxygen atoms in total. The number of carbonyl (C=O) groups excluding carboxylic acids is 1. The first kappa shape index (κ1) is 16.6. The molecule has 0 saturated carbocycles. The Hall–Kier alpha value is -1.26. The van der Waals surface area contributed by atoms with Crippen LogP contribution in [0, 0.1) is 5.92 Å². The van der Waals surface area contributed by atoms with Gasteiger partial charge in [0.1, 0.15) is 0 Å². The lowest BCUT2D eigenvalue weighted by atomic mass is 10.0. The van der Waals surface area contributed by atoms with E-state index in [1.165, 1.54) is 25.7 Å². The summed E-state index contributed by atoms with van der Waals surface area (Å²) in [5.74, 6) is 0.735. The zero-order valence-electron chi connectivity index (χ0n) is 13.6. The van der Waals surface area contributed by atoms with Gasteiger partial charge in [0.05, 0.1) is 11.4 Å². The van der Waals surface area contributed by atoms with Crippen LogP contribution >= 0.6 is 11.6 Å². The zero-order chi connectivity index (χ0) is 16.1. The lowest BCUT2D eigenvalue weighted by Gasteiger charge is -2.30. The normalized spacial score (nSPS) is 21.4. The van der Waals surface area contributed by atoms with E-state index in [4.69, 9.17) is 11.6 Å². The highest BCUT2D eigenvalue weighted by atomic mass is 35.5. The molecular formula is C18H26ClN3O. The van der Waals surface area contributed by atoms with Crippen LogP contribution in [0.4, 0.5) is 11.4 Å². The van der Waals surface area contributed by atoms with Crippen molar-refractivity contribution in [1.29, 1.82) is 0 Å². The van der Waals surface area contributed by atoms with Gasteiger partial charge in [0, 0.05) is 24.5 Å². The SMILES string of the molecule is O=C(CCC1CCNC1)Nc1cc(Cl)ccc1N1CCCCC1. The highest BCUT2D eigenvalue weighted by molar-refractivity contribution is 6.31. The molecule has 2 aliphatic rings. The number of nitrogens with one attached hydrogen (secondary N) is 2. The summed E-state index contributed by atoms with van der Waals surface area (Å²) >= 11 is 6.14. The van der Waals surface area contributed by atoms with Crippen molar-refractivity contribution < 1.29 is 4.79 Å². The molecule has 2 fully saturated rings. The highest BCUT2D eigenvalue weighted by Crippen LogP contribution is 2.31. The molecular weight excluding hydrogens is 310 g/mol. The number of nitrogens with zero attached hydrogens (tertiary/aromatic N) is 1. The maximum Gasteiger partial charge on any atom is 0.224 e. The molecule has 2 aliphatic heterocycles. The first-order valence-electron chi connectivity index (χ1n) is 8.77. The summed E-state index contributed by atoms with van der Waals surface area (Å²) in [4.78, 5) is 14.7. The van der Waals surface area contributed by atoms with Crippen LogP contribution in [0.3, 0.4) is 0 Å². The average Bonchev–Trinajstić information content (AvgIpc) is 3.07. The Morgan fingerprint density at radius 2 is 2.13 bits per heavy atom. The fraction of sp³-hybridized carbons (Fsp3) is 0.611. The van der Waals surface area contributed by atoms with E-state index in [1.54, 1.807) is 0 Å². The molecule has 23 heavy (non-hydrogen) atoms. The van der Waals surface area contributed by atoms with Gasteiger partial charge in [0.15, 0.2) is 0 Å². The highest BCUT2D eigenvalue weighted by Gasteiger charge is 2.18. The van der Waals surface area contributed by atoms with Crippen LogP contribution in [0.25, 0.3) is 0 Å². The van der Waals surface area contributed by atoms with Crippen molar-refractivity contribution in [1.82, 2.24) is 5.32 Å². The third-order valence-corrected chi connectivity index (χ3v) is 5.11. The maximum atomic E-state index is 12.3. The lowest BCUT2D eigenvalue weighted by Crippen LogP contribution is -2.30. The third kappa shape index (κ3) is 4.61. The quantitative estimate of drug-likeness (QED) is 0.863. The van der Waals surface area contributed by atoms with Crippen LogP contribution in [-0.4, -0.2) is 32.1 Å². The number of hydrogen-bond acceptors (Lipinski definition) is 3. The monoisotopic (exact) mass is 335 g/mol. The molecule has 0 spiro atoms. The Morgan fingerprint density at radius 3 is 2.87 bits per heavy atom. The number of rotatable bonds is 5. The fourth-order valence-corrected chi connectivity index (χ4v) is 3.70. The molecule has 2 heterocycles. The van der Waals surface area contributed by atoms with Crippen molar-refractivity contribution in [2.24, 2.45) is 5.92 Å². The Kier molecular flexibility index (Phi) is 5.79. The average molecular weight is 336 g/mol. The number of amides is 1. The third-order valence-electron chi connectivity index (χ3n) is 4.87. The second-order valence-electron chi connectivity index (χ2n) is 6.65. The van der Waals surface area contributed by atoms with Gasteiger partial charge in [0.25, 0.3) is 0 Å². The number of benzene rings is 1. The minimum Gasteiger partial charge on any atom is -0.370 e. The topological polar surface area (TPSA) is 44.4 Å². The van der Waals surface area contributed by atoms with Crippen LogP contribution in [0.15, 0.2) is 18.2 Å². The number of hydrogen-bond donors (Lipinski definition) is 2. The van der Waals surface area contributed by atoms with Gasteiger partial charge in [-0.3, -0.25) is 4.79 Å². The minimum absolute atomic E-state index is 0.0948. The van der Waals surface area contributed by atoms with Crippen molar-refractivity contribution in [2.45, 2.75) is 38.5 Å². The molecule has 1 unspecified atom stereocenters. The summed E-state index contributed by atoms with van der Waals surface area (Å²) in [5, 5.41) is 7.10. The molecule has 3 rings (SSSR count).